The number of hydrogen-bond acceptors (Lipinski definition) is 3. The van der Waals surface area contributed by atoms with Crippen molar-refractivity contribution in [2.45, 2.75) is 25.4 Å². The van der Waals surface area contributed by atoms with E-state index in [4.69, 9.17) is 10.5 Å². The summed E-state index contributed by atoms with van der Waals surface area (Å²) in [6.45, 7) is 1.91. The molecule has 0 aromatic heterocycles. The molecular weight excluding hydrogens is 118 g/mol. The maximum atomic E-state index is 10.5. The lowest BCUT2D eigenvalue weighted by atomic mass is 10.4. The fourth-order valence-electron chi connectivity index (χ4n) is 0.595. The van der Waals surface area contributed by atoms with Gasteiger partial charge in [0.1, 0.15) is 5.60 Å². The van der Waals surface area contributed by atoms with Crippen LogP contribution in [0.1, 0.15) is 19.8 Å². The number of rotatable bonds is 2. The minimum atomic E-state index is -0.296. The zero-order chi connectivity index (χ0) is 6.91. The van der Waals surface area contributed by atoms with Crippen LogP contribution in [0.4, 0.5) is 0 Å². The number of carbonyl (C=O) groups is 1. The van der Waals surface area contributed by atoms with Crippen LogP contribution in [0.15, 0.2) is 0 Å². The predicted molar refractivity (Wildman–Crippen MR) is 32.8 cm³/mol. The molecule has 0 unspecified atom stereocenters. The van der Waals surface area contributed by atoms with Gasteiger partial charge < -0.3 is 10.5 Å². The summed E-state index contributed by atoms with van der Waals surface area (Å²) in [6.07, 6.45) is 1.97. The van der Waals surface area contributed by atoms with Crippen molar-refractivity contribution in [2.24, 2.45) is 5.73 Å². The van der Waals surface area contributed by atoms with Gasteiger partial charge in [-0.05, 0) is 19.8 Å². The van der Waals surface area contributed by atoms with Gasteiger partial charge in [0, 0.05) is 0 Å². The monoisotopic (exact) mass is 129 g/mol. The van der Waals surface area contributed by atoms with Crippen molar-refractivity contribution in [1.82, 2.24) is 0 Å². The molecule has 0 bridgehead atoms. The van der Waals surface area contributed by atoms with Gasteiger partial charge in [-0.15, -0.1) is 0 Å². The van der Waals surface area contributed by atoms with E-state index in [1.807, 2.05) is 6.92 Å². The summed E-state index contributed by atoms with van der Waals surface area (Å²) in [6, 6.07) is 0. The second-order valence-corrected chi connectivity index (χ2v) is 2.63. The SMILES string of the molecule is CC1(OC(=O)CN)CC1. The first-order valence-electron chi connectivity index (χ1n) is 3.08. The van der Waals surface area contributed by atoms with Gasteiger partial charge in [0.15, 0.2) is 0 Å². The van der Waals surface area contributed by atoms with Crippen molar-refractivity contribution < 1.29 is 9.53 Å². The smallest absolute Gasteiger partial charge is 0.320 e. The van der Waals surface area contributed by atoms with Crippen LogP contribution < -0.4 is 5.73 Å². The summed E-state index contributed by atoms with van der Waals surface area (Å²) < 4.78 is 4.93. The molecule has 0 amide bonds. The van der Waals surface area contributed by atoms with Gasteiger partial charge in [-0.2, -0.15) is 0 Å². The van der Waals surface area contributed by atoms with Crippen molar-refractivity contribution >= 4 is 5.97 Å². The summed E-state index contributed by atoms with van der Waals surface area (Å²) in [5.41, 5.74) is 4.88. The molecule has 0 atom stereocenters. The fourth-order valence-corrected chi connectivity index (χ4v) is 0.595. The van der Waals surface area contributed by atoms with E-state index >= 15 is 0 Å². The molecule has 0 radical (unpaired) electrons. The molecule has 0 aromatic carbocycles. The van der Waals surface area contributed by atoms with Crippen molar-refractivity contribution in [3.05, 3.63) is 0 Å². The van der Waals surface area contributed by atoms with Crippen LogP contribution in [-0.2, 0) is 9.53 Å². The lowest BCUT2D eigenvalue weighted by Crippen LogP contribution is -2.22. The van der Waals surface area contributed by atoms with Crippen molar-refractivity contribution in [3.63, 3.8) is 0 Å². The normalized spacial score (nSPS) is 21.1. The zero-order valence-corrected chi connectivity index (χ0v) is 5.52. The number of carbonyl (C=O) groups excluding carboxylic acids is 1. The average molecular weight is 129 g/mol. The third-order valence-corrected chi connectivity index (χ3v) is 1.48. The van der Waals surface area contributed by atoms with Crippen LogP contribution in [0.5, 0.6) is 0 Å². The molecule has 0 aliphatic heterocycles. The molecule has 1 saturated carbocycles. The Balaban J connectivity index is 2.25. The molecule has 1 rings (SSSR count). The molecule has 0 saturated heterocycles. The third kappa shape index (κ3) is 1.68. The van der Waals surface area contributed by atoms with Crippen LogP contribution in [0.2, 0.25) is 0 Å². The zero-order valence-electron chi connectivity index (χ0n) is 5.52. The first-order valence-corrected chi connectivity index (χ1v) is 3.08. The first kappa shape index (κ1) is 6.55. The molecule has 2 N–H and O–H groups in total. The van der Waals surface area contributed by atoms with Crippen LogP contribution in [0.25, 0.3) is 0 Å². The third-order valence-electron chi connectivity index (χ3n) is 1.48. The average Bonchev–Trinajstić information content (AvgIpc) is 2.48. The Labute approximate surface area is 54.2 Å². The Morgan fingerprint density at radius 2 is 2.33 bits per heavy atom. The van der Waals surface area contributed by atoms with Crippen molar-refractivity contribution in [3.8, 4) is 0 Å². The summed E-state index contributed by atoms with van der Waals surface area (Å²) in [5.74, 6) is -0.296. The maximum absolute atomic E-state index is 10.5. The minimum Gasteiger partial charge on any atom is -0.458 e. The number of ether oxygens (including phenoxy) is 1. The predicted octanol–water partition coefficient (Wildman–Crippen LogP) is 0.0408. The molecule has 9 heavy (non-hydrogen) atoms. The van der Waals surface area contributed by atoms with E-state index < -0.39 is 0 Å². The van der Waals surface area contributed by atoms with Gasteiger partial charge in [-0.3, -0.25) is 4.79 Å². The van der Waals surface area contributed by atoms with E-state index in [-0.39, 0.29) is 18.1 Å². The van der Waals surface area contributed by atoms with E-state index in [9.17, 15) is 4.79 Å². The van der Waals surface area contributed by atoms with E-state index in [2.05, 4.69) is 0 Å². The van der Waals surface area contributed by atoms with E-state index in [0.717, 1.165) is 12.8 Å². The summed E-state index contributed by atoms with van der Waals surface area (Å²) in [7, 11) is 0. The van der Waals surface area contributed by atoms with Crippen molar-refractivity contribution in [1.29, 1.82) is 0 Å². The van der Waals surface area contributed by atoms with E-state index in [1.165, 1.54) is 0 Å². The molecule has 0 spiro atoms. The molecule has 3 heteroatoms. The lowest BCUT2D eigenvalue weighted by Gasteiger charge is -2.08. The number of esters is 1. The van der Waals surface area contributed by atoms with Crippen LogP contribution in [0.3, 0.4) is 0 Å². The molecule has 0 aromatic rings. The topological polar surface area (TPSA) is 52.3 Å². The van der Waals surface area contributed by atoms with Crippen LogP contribution in [-0.4, -0.2) is 18.1 Å². The van der Waals surface area contributed by atoms with Gasteiger partial charge in [0.2, 0.25) is 0 Å². The largest absolute Gasteiger partial charge is 0.458 e. The number of hydrogen-bond donors (Lipinski definition) is 1. The number of nitrogens with two attached hydrogens (primary N) is 1. The van der Waals surface area contributed by atoms with Crippen LogP contribution in [0, 0.1) is 0 Å². The molecule has 1 aliphatic rings. The maximum Gasteiger partial charge on any atom is 0.320 e. The minimum absolute atomic E-state index is 0.00438. The Bertz CT molecular complexity index is 129. The highest BCUT2D eigenvalue weighted by Crippen LogP contribution is 2.38. The van der Waals surface area contributed by atoms with Crippen molar-refractivity contribution in [2.75, 3.05) is 6.54 Å². The molecule has 0 heterocycles. The Hall–Kier alpha value is -0.570. The lowest BCUT2D eigenvalue weighted by molar-refractivity contribution is -0.148. The summed E-state index contributed by atoms with van der Waals surface area (Å²) >= 11 is 0. The highest BCUT2D eigenvalue weighted by Gasteiger charge is 2.41. The highest BCUT2D eigenvalue weighted by molar-refractivity contribution is 5.72. The molecular formula is C6H11NO2. The molecule has 3 nitrogen and oxygen atoms in total. The highest BCUT2D eigenvalue weighted by atomic mass is 16.6. The second-order valence-electron chi connectivity index (χ2n) is 2.63. The fraction of sp³-hybridized carbons (Fsp3) is 0.833. The molecule has 1 fully saturated rings. The van der Waals surface area contributed by atoms with Gasteiger partial charge in [0.05, 0.1) is 6.54 Å². The quantitative estimate of drug-likeness (QED) is 0.535. The Kier molecular flexibility index (Phi) is 1.45. The Morgan fingerprint density at radius 3 is 2.67 bits per heavy atom. The summed E-state index contributed by atoms with van der Waals surface area (Å²) in [4.78, 5) is 10.5. The first-order chi connectivity index (χ1) is 4.16. The molecule has 1 aliphatic carbocycles. The van der Waals surface area contributed by atoms with Crippen LogP contribution >= 0.6 is 0 Å². The molecule has 52 valence electrons. The Morgan fingerprint density at radius 1 is 1.78 bits per heavy atom. The van der Waals surface area contributed by atoms with Gasteiger partial charge >= 0.3 is 5.97 Å². The van der Waals surface area contributed by atoms with E-state index in [0.29, 0.717) is 0 Å². The summed E-state index contributed by atoms with van der Waals surface area (Å²) in [5, 5.41) is 0. The second kappa shape index (κ2) is 1.99. The van der Waals surface area contributed by atoms with E-state index in [1.54, 1.807) is 0 Å². The van der Waals surface area contributed by atoms with Gasteiger partial charge in [-0.1, -0.05) is 0 Å². The standard InChI is InChI=1S/C6H11NO2/c1-6(2-3-6)9-5(8)4-7/h2-4,7H2,1H3. The van der Waals surface area contributed by atoms with Gasteiger partial charge in [0.25, 0.3) is 0 Å². The van der Waals surface area contributed by atoms with Gasteiger partial charge in [-0.25, -0.2) is 0 Å².